The second kappa shape index (κ2) is 6.54. The number of hydrogen-bond donors (Lipinski definition) is 1. The highest BCUT2D eigenvalue weighted by Crippen LogP contribution is 2.36. The lowest BCUT2D eigenvalue weighted by Crippen LogP contribution is -2.39. The van der Waals surface area contributed by atoms with Crippen molar-refractivity contribution in [3.05, 3.63) is 17.9 Å². The number of ether oxygens (including phenoxy) is 1. The number of anilines is 2. The van der Waals surface area contributed by atoms with Crippen LogP contribution >= 0.6 is 0 Å². The number of halogens is 1. The first-order valence-electron chi connectivity index (χ1n) is 7.88. The Kier molecular flexibility index (Phi) is 4.96. The highest BCUT2D eigenvalue weighted by Gasteiger charge is 2.27. The van der Waals surface area contributed by atoms with Gasteiger partial charge in [-0.1, -0.05) is 19.8 Å². The monoisotopic (exact) mass is 294 g/mol. The van der Waals surface area contributed by atoms with Gasteiger partial charge in [-0.2, -0.15) is 0 Å². The van der Waals surface area contributed by atoms with Gasteiger partial charge in [0, 0.05) is 25.2 Å². The van der Waals surface area contributed by atoms with Crippen LogP contribution in [-0.2, 0) is 0 Å². The molecule has 0 bridgehead atoms. The molecule has 4 heteroatoms. The minimum atomic E-state index is -0.393. The topological polar surface area (TPSA) is 38.5 Å². The number of hydrogen-bond acceptors (Lipinski definition) is 3. The number of rotatable bonds is 4. The standard InChI is InChI=1S/C17H27FN2O/c1-11(2)21-17-10-16(14(19)9-13(17)18)20(4)15-8-6-5-7-12(15)3/h9-12,15H,5-8,19H2,1-4H3. The Morgan fingerprint density at radius 1 is 1.29 bits per heavy atom. The van der Waals surface area contributed by atoms with Gasteiger partial charge < -0.3 is 15.4 Å². The van der Waals surface area contributed by atoms with Crippen molar-refractivity contribution in [1.29, 1.82) is 0 Å². The van der Waals surface area contributed by atoms with Crippen molar-refractivity contribution < 1.29 is 9.13 Å². The first-order chi connectivity index (χ1) is 9.90. The van der Waals surface area contributed by atoms with Gasteiger partial charge in [0.25, 0.3) is 0 Å². The molecule has 2 N–H and O–H groups in total. The van der Waals surface area contributed by atoms with Crippen molar-refractivity contribution in [2.24, 2.45) is 5.92 Å². The van der Waals surface area contributed by atoms with Gasteiger partial charge in [-0.3, -0.25) is 0 Å². The Morgan fingerprint density at radius 3 is 2.57 bits per heavy atom. The zero-order chi connectivity index (χ0) is 15.6. The van der Waals surface area contributed by atoms with Gasteiger partial charge in [0.1, 0.15) is 0 Å². The molecule has 0 heterocycles. The summed E-state index contributed by atoms with van der Waals surface area (Å²) in [5.41, 5.74) is 7.38. The molecule has 0 radical (unpaired) electrons. The lowest BCUT2D eigenvalue weighted by atomic mass is 9.85. The fraction of sp³-hybridized carbons (Fsp3) is 0.647. The molecular formula is C17H27FN2O. The number of nitrogens with two attached hydrogens (primary N) is 1. The van der Waals surface area contributed by atoms with E-state index in [-0.39, 0.29) is 11.9 Å². The van der Waals surface area contributed by atoms with E-state index in [4.69, 9.17) is 10.5 Å². The summed E-state index contributed by atoms with van der Waals surface area (Å²) >= 11 is 0. The van der Waals surface area contributed by atoms with Crippen LogP contribution in [0.1, 0.15) is 46.5 Å². The van der Waals surface area contributed by atoms with Gasteiger partial charge in [-0.15, -0.1) is 0 Å². The van der Waals surface area contributed by atoms with Crippen LogP contribution in [0.15, 0.2) is 12.1 Å². The van der Waals surface area contributed by atoms with E-state index in [1.54, 1.807) is 6.07 Å². The van der Waals surface area contributed by atoms with Gasteiger partial charge in [0.05, 0.1) is 17.5 Å². The molecule has 1 aromatic carbocycles. The van der Waals surface area contributed by atoms with Crippen LogP contribution in [0.2, 0.25) is 0 Å². The minimum absolute atomic E-state index is 0.0603. The zero-order valence-electron chi connectivity index (χ0n) is 13.5. The maximum atomic E-state index is 13.9. The average molecular weight is 294 g/mol. The largest absolute Gasteiger partial charge is 0.488 e. The van der Waals surface area contributed by atoms with Crippen LogP contribution in [0, 0.1) is 11.7 Å². The molecule has 1 aromatic rings. The Labute approximate surface area is 127 Å². The Hall–Kier alpha value is -1.45. The Balaban J connectivity index is 2.29. The summed E-state index contributed by atoms with van der Waals surface area (Å²) < 4.78 is 19.5. The van der Waals surface area contributed by atoms with Crippen molar-refractivity contribution in [1.82, 2.24) is 0 Å². The third-order valence-electron chi connectivity index (χ3n) is 4.39. The maximum Gasteiger partial charge on any atom is 0.167 e. The third-order valence-corrected chi connectivity index (χ3v) is 4.39. The summed E-state index contributed by atoms with van der Waals surface area (Å²) in [5, 5.41) is 0. The summed E-state index contributed by atoms with van der Waals surface area (Å²) in [6.07, 6.45) is 4.89. The second-order valence-electron chi connectivity index (χ2n) is 6.45. The van der Waals surface area contributed by atoms with E-state index in [2.05, 4.69) is 18.9 Å². The van der Waals surface area contributed by atoms with Gasteiger partial charge >= 0.3 is 0 Å². The lowest BCUT2D eigenvalue weighted by molar-refractivity contribution is 0.231. The molecule has 21 heavy (non-hydrogen) atoms. The van der Waals surface area contributed by atoms with Gasteiger partial charge in [-0.05, 0) is 32.6 Å². The molecule has 0 saturated heterocycles. The van der Waals surface area contributed by atoms with Crippen LogP contribution in [0.4, 0.5) is 15.8 Å². The molecular weight excluding hydrogens is 267 g/mol. The molecule has 0 aromatic heterocycles. The molecule has 0 amide bonds. The van der Waals surface area contributed by atoms with E-state index >= 15 is 0 Å². The summed E-state index contributed by atoms with van der Waals surface area (Å²) in [5.74, 6) is 0.516. The minimum Gasteiger partial charge on any atom is -0.488 e. The van der Waals surface area contributed by atoms with E-state index < -0.39 is 5.82 Å². The van der Waals surface area contributed by atoms with Crippen LogP contribution < -0.4 is 15.4 Å². The van der Waals surface area contributed by atoms with E-state index in [1.807, 2.05) is 13.8 Å². The van der Waals surface area contributed by atoms with Crippen LogP contribution in [0.5, 0.6) is 5.75 Å². The molecule has 1 aliphatic carbocycles. The summed E-state index contributed by atoms with van der Waals surface area (Å²) in [4.78, 5) is 2.20. The highest BCUT2D eigenvalue weighted by atomic mass is 19.1. The van der Waals surface area contributed by atoms with Crippen molar-refractivity contribution in [2.75, 3.05) is 17.7 Å². The van der Waals surface area contributed by atoms with Crippen molar-refractivity contribution in [2.45, 2.75) is 58.6 Å². The predicted molar refractivity (Wildman–Crippen MR) is 86.4 cm³/mol. The molecule has 3 nitrogen and oxygen atoms in total. The van der Waals surface area contributed by atoms with Gasteiger partial charge in [0.15, 0.2) is 11.6 Å². The molecule has 2 unspecified atom stereocenters. The molecule has 118 valence electrons. The molecule has 2 atom stereocenters. The smallest absolute Gasteiger partial charge is 0.167 e. The van der Waals surface area contributed by atoms with Gasteiger partial charge in [0.2, 0.25) is 0 Å². The molecule has 2 rings (SSSR count). The maximum absolute atomic E-state index is 13.9. The SMILES string of the molecule is CC(C)Oc1cc(N(C)C2CCCCC2C)c(N)cc1F. The van der Waals surface area contributed by atoms with Crippen molar-refractivity contribution in [3.8, 4) is 5.75 Å². The Morgan fingerprint density at radius 2 is 1.95 bits per heavy atom. The summed E-state index contributed by atoms with van der Waals surface area (Å²) in [7, 11) is 2.05. The normalized spacial score (nSPS) is 22.4. The average Bonchev–Trinajstić information content (AvgIpc) is 2.41. The number of nitrogens with zero attached hydrogens (tertiary/aromatic N) is 1. The zero-order valence-corrected chi connectivity index (χ0v) is 13.5. The first-order valence-corrected chi connectivity index (χ1v) is 7.88. The predicted octanol–water partition coefficient (Wildman–Crippen LogP) is 4.21. The van der Waals surface area contributed by atoms with Gasteiger partial charge in [-0.25, -0.2) is 4.39 Å². The van der Waals surface area contributed by atoms with Crippen LogP contribution in [-0.4, -0.2) is 19.2 Å². The van der Waals surface area contributed by atoms with Crippen LogP contribution in [0.3, 0.4) is 0 Å². The highest BCUT2D eigenvalue weighted by molar-refractivity contribution is 5.70. The first kappa shape index (κ1) is 15.9. The number of benzene rings is 1. The van der Waals surface area contributed by atoms with Crippen molar-refractivity contribution in [3.63, 3.8) is 0 Å². The summed E-state index contributed by atoms with van der Waals surface area (Å²) in [6, 6.07) is 3.57. The van der Waals surface area contributed by atoms with E-state index in [9.17, 15) is 4.39 Å². The van der Waals surface area contributed by atoms with Crippen molar-refractivity contribution >= 4 is 11.4 Å². The van der Waals surface area contributed by atoms with E-state index in [1.165, 1.54) is 25.3 Å². The van der Waals surface area contributed by atoms with E-state index in [0.29, 0.717) is 17.6 Å². The quantitative estimate of drug-likeness (QED) is 0.845. The molecule has 0 spiro atoms. The lowest BCUT2D eigenvalue weighted by Gasteiger charge is -2.38. The molecule has 1 aliphatic rings. The fourth-order valence-electron chi connectivity index (χ4n) is 3.26. The number of nitrogen functional groups attached to an aromatic ring is 1. The second-order valence-corrected chi connectivity index (χ2v) is 6.45. The fourth-order valence-corrected chi connectivity index (χ4v) is 3.26. The molecule has 1 saturated carbocycles. The van der Waals surface area contributed by atoms with Crippen LogP contribution in [0.25, 0.3) is 0 Å². The molecule has 1 fully saturated rings. The summed E-state index contributed by atoms with van der Waals surface area (Å²) in [6.45, 7) is 6.07. The Bertz CT molecular complexity index is 490. The third kappa shape index (κ3) is 3.60. The molecule has 0 aliphatic heterocycles. The van der Waals surface area contributed by atoms with E-state index in [0.717, 1.165) is 12.1 Å².